The highest BCUT2D eigenvalue weighted by Crippen LogP contribution is 2.24. The van der Waals surface area contributed by atoms with E-state index < -0.39 is 6.04 Å². The van der Waals surface area contributed by atoms with Crippen molar-refractivity contribution in [2.24, 2.45) is 0 Å². The standard InChI is InChI=1S/C21H26N2O2/c1-15(2)25-14-16-7-6-10-19(13-16)22-20(17-8-4-3-5-9-17)21(24)23-18-11-12-18/h3-10,13,15,18,20,22H,11-12,14H2,1-2H3,(H,23,24). The van der Waals surface area contributed by atoms with Gasteiger partial charge in [0.1, 0.15) is 6.04 Å². The molecule has 2 N–H and O–H groups in total. The van der Waals surface area contributed by atoms with Crippen LogP contribution in [-0.2, 0) is 16.1 Å². The second kappa shape index (κ2) is 8.17. The van der Waals surface area contributed by atoms with Crippen molar-refractivity contribution in [3.05, 3.63) is 65.7 Å². The maximum atomic E-state index is 12.7. The van der Waals surface area contributed by atoms with E-state index in [9.17, 15) is 4.79 Å². The van der Waals surface area contributed by atoms with Crippen molar-refractivity contribution in [3.8, 4) is 0 Å². The van der Waals surface area contributed by atoms with Gasteiger partial charge < -0.3 is 15.4 Å². The minimum atomic E-state index is -0.400. The molecule has 4 nitrogen and oxygen atoms in total. The number of nitrogens with one attached hydrogen (secondary N) is 2. The first-order chi connectivity index (χ1) is 12.1. The lowest BCUT2D eigenvalue weighted by Gasteiger charge is -2.20. The van der Waals surface area contributed by atoms with Gasteiger partial charge in [0.05, 0.1) is 12.7 Å². The zero-order valence-corrected chi connectivity index (χ0v) is 14.9. The highest BCUT2D eigenvalue weighted by molar-refractivity contribution is 5.86. The second-order valence-corrected chi connectivity index (χ2v) is 6.83. The molecule has 4 heteroatoms. The zero-order chi connectivity index (χ0) is 17.6. The Hall–Kier alpha value is -2.33. The van der Waals surface area contributed by atoms with Crippen molar-refractivity contribution in [2.75, 3.05) is 5.32 Å². The lowest BCUT2D eigenvalue weighted by atomic mass is 10.1. The van der Waals surface area contributed by atoms with Crippen molar-refractivity contribution >= 4 is 11.6 Å². The van der Waals surface area contributed by atoms with Gasteiger partial charge in [-0.25, -0.2) is 0 Å². The van der Waals surface area contributed by atoms with Crippen LogP contribution in [0.3, 0.4) is 0 Å². The molecule has 1 atom stereocenters. The minimum absolute atomic E-state index is 0.0255. The van der Waals surface area contributed by atoms with E-state index in [1.807, 2.05) is 68.4 Å². The van der Waals surface area contributed by atoms with Gasteiger partial charge in [0.2, 0.25) is 5.91 Å². The zero-order valence-electron chi connectivity index (χ0n) is 14.9. The summed E-state index contributed by atoms with van der Waals surface area (Å²) in [6, 6.07) is 17.8. The average molecular weight is 338 g/mol. The fourth-order valence-corrected chi connectivity index (χ4v) is 2.64. The van der Waals surface area contributed by atoms with Gasteiger partial charge in [-0.1, -0.05) is 42.5 Å². The largest absolute Gasteiger partial charge is 0.374 e. The first kappa shape index (κ1) is 17.5. The van der Waals surface area contributed by atoms with Crippen molar-refractivity contribution in [3.63, 3.8) is 0 Å². The number of amides is 1. The van der Waals surface area contributed by atoms with Gasteiger partial charge in [-0.2, -0.15) is 0 Å². The SMILES string of the molecule is CC(C)OCc1cccc(NC(C(=O)NC2CC2)c2ccccc2)c1. The predicted molar refractivity (Wildman–Crippen MR) is 100 cm³/mol. The van der Waals surface area contributed by atoms with Gasteiger partial charge in [0, 0.05) is 11.7 Å². The predicted octanol–water partition coefficient (Wildman–Crippen LogP) is 4.04. The molecule has 0 bridgehead atoms. The van der Waals surface area contributed by atoms with Crippen molar-refractivity contribution in [1.29, 1.82) is 0 Å². The van der Waals surface area contributed by atoms with Crippen LogP contribution in [0.25, 0.3) is 0 Å². The smallest absolute Gasteiger partial charge is 0.247 e. The van der Waals surface area contributed by atoms with Crippen LogP contribution in [0.15, 0.2) is 54.6 Å². The Labute approximate surface area is 149 Å². The average Bonchev–Trinajstić information content (AvgIpc) is 3.43. The van der Waals surface area contributed by atoms with E-state index >= 15 is 0 Å². The van der Waals surface area contributed by atoms with E-state index in [1.54, 1.807) is 0 Å². The lowest BCUT2D eigenvalue weighted by Crippen LogP contribution is -2.34. The fourth-order valence-electron chi connectivity index (χ4n) is 2.64. The van der Waals surface area contributed by atoms with E-state index in [0.29, 0.717) is 12.6 Å². The van der Waals surface area contributed by atoms with Gasteiger partial charge in [-0.05, 0) is 49.9 Å². The van der Waals surface area contributed by atoms with Crippen LogP contribution < -0.4 is 10.6 Å². The Bertz CT molecular complexity index is 696. The maximum Gasteiger partial charge on any atom is 0.247 e. The second-order valence-electron chi connectivity index (χ2n) is 6.83. The van der Waals surface area contributed by atoms with Gasteiger partial charge in [-0.15, -0.1) is 0 Å². The molecule has 0 aromatic heterocycles. The first-order valence-electron chi connectivity index (χ1n) is 8.94. The Morgan fingerprint density at radius 1 is 1.12 bits per heavy atom. The van der Waals surface area contributed by atoms with Crippen LogP contribution in [0.5, 0.6) is 0 Å². The molecule has 1 unspecified atom stereocenters. The van der Waals surface area contributed by atoms with Crippen LogP contribution >= 0.6 is 0 Å². The topological polar surface area (TPSA) is 50.4 Å². The summed E-state index contributed by atoms with van der Waals surface area (Å²) in [5, 5.41) is 6.49. The minimum Gasteiger partial charge on any atom is -0.374 e. The molecule has 3 rings (SSSR count). The third-order valence-electron chi connectivity index (χ3n) is 4.14. The molecule has 2 aromatic rings. The number of carbonyl (C=O) groups is 1. The van der Waals surface area contributed by atoms with Gasteiger partial charge >= 0.3 is 0 Å². The monoisotopic (exact) mass is 338 g/mol. The summed E-state index contributed by atoms with van der Waals surface area (Å²) in [5.74, 6) is 0.0255. The highest BCUT2D eigenvalue weighted by Gasteiger charge is 2.28. The van der Waals surface area contributed by atoms with Crippen LogP contribution in [0.2, 0.25) is 0 Å². The molecule has 2 aromatic carbocycles. The summed E-state index contributed by atoms with van der Waals surface area (Å²) in [4.78, 5) is 12.7. The van der Waals surface area contributed by atoms with Gasteiger partial charge in [0.15, 0.2) is 0 Å². The van der Waals surface area contributed by atoms with Crippen molar-refractivity contribution < 1.29 is 9.53 Å². The molecule has 1 saturated carbocycles. The Balaban J connectivity index is 1.75. The van der Waals surface area contributed by atoms with Gasteiger partial charge in [-0.3, -0.25) is 4.79 Å². The van der Waals surface area contributed by atoms with Crippen LogP contribution in [0.1, 0.15) is 43.9 Å². The van der Waals surface area contributed by atoms with E-state index in [2.05, 4.69) is 10.6 Å². The molecule has 0 heterocycles. The molecular weight excluding hydrogens is 312 g/mol. The number of rotatable bonds is 8. The fraction of sp³-hybridized carbons (Fsp3) is 0.381. The highest BCUT2D eigenvalue weighted by atomic mass is 16.5. The van der Waals surface area contributed by atoms with E-state index in [4.69, 9.17) is 4.74 Å². The number of hydrogen-bond donors (Lipinski definition) is 2. The Kier molecular flexibility index (Phi) is 5.71. The Morgan fingerprint density at radius 2 is 1.88 bits per heavy atom. The molecule has 0 radical (unpaired) electrons. The number of benzene rings is 2. The Morgan fingerprint density at radius 3 is 2.56 bits per heavy atom. The molecular formula is C21H26N2O2. The molecule has 0 saturated heterocycles. The number of carbonyl (C=O) groups excluding carboxylic acids is 1. The summed E-state index contributed by atoms with van der Waals surface area (Å²) in [6.07, 6.45) is 2.35. The summed E-state index contributed by atoms with van der Waals surface area (Å²) >= 11 is 0. The maximum absolute atomic E-state index is 12.7. The lowest BCUT2D eigenvalue weighted by molar-refractivity contribution is -0.122. The van der Waals surface area contributed by atoms with E-state index in [1.165, 1.54) is 0 Å². The molecule has 25 heavy (non-hydrogen) atoms. The van der Waals surface area contributed by atoms with Crippen molar-refractivity contribution in [2.45, 2.75) is 51.5 Å². The molecule has 1 fully saturated rings. The summed E-state index contributed by atoms with van der Waals surface area (Å²) in [7, 11) is 0. The third kappa shape index (κ3) is 5.33. The van der Waals surface area contributed by atoms with Crippen LogP contribution in [0.4, 0.5) is 5.69 Å². The van der Waals surface area contributed by atoms with Gasteiger partial charge in [0.25, 0.3) is 0 Å². The molecule has 0 spiro atoms. The molecule has 132 valence electrons. The van der Waals surface area contributed by atoms with E-state index in [0.717, 1.165) is 29.7 Å². The molecule has 1 amide bonds. The molecule has 0 aliphatic heterocycles. The quantitative estimate of drug-likeness (QED) is 0.764. The third-order valence-corrected chi connectivity index (χ3v) is 4.14. The van der Waals surface area contributed by atoms with Crippen LogP contribution in [0, 0.1) is 0 Å². The number of ether oxygens (including phenoxy) is 1. The first-order valence-corrected chi connectivity index (χ1v) is 8.94. The summed E-state index contributed by atoms with van der Waals surface area (Å²) in [5.41, 5.74) is 2.97. The normalized spacial score (nSPS) is 15.0. The molecule has 1 aliphatic carbocycles. The molecule has 1 aliphatic rings. The number of anilines is 1. The summed E-state index contributed by atoms with van der Waals surface area (Å²) < 4.78 is 5.67. The summed E-state index contributed by atoms with van der Waals surface area (Å²) in [6.45, 7) is 4.61. The number of hydrogen-bond acceptors (Lipinski definition) is 3. The van der Waals surface area contributed by atoms with E-state index in [-0.39, 0.29) is 12.0 Å². The van der Waals surface area contributed by atoms with Crippen LogP contribution in [-0.4, -0.2) is 18.1 Å². The van der Waals surface area contributed by atoms with Crippen molar-refractivity contribution in [1.82, 2.24) is 5.32 Å².